The number of aryl methyl sites for hydroxylation is 3. The number of likely N-dealkylation sites (N-methyl/N-ethyl adjacent to an activating group) is 1. The van der Waals surface area contributed by atoms with Crippen LogP contribution < -0.4 is 0 Å². The van der Waals surface area contributed by atoms with Gasteiger partial charge in [-0.05, 0) is 39.8 Å². The van der Waals surface area contributed by atoms with Crippen LogP contribution in [-0.2, 0) is 17.8 Å². The highest BCUT2D eigenvalue weighted by molar-refractivity contribution is 5.79. The van der Waals surface area contributed by atoms with Crippen LogP contribution in [0.3, 0.4) is 0 Å². The van der Waals surface area contributed by atoms with Crippen molar-refractivity contribution in [3.63, 3.8) is 0 Å². The van der Waals surface area contributed by atoms with Gasteiger partial charge in [0.25, 0.3) is 0 Å². The van der Waals surface area contributed by atoms with Gasteiger partial charge in [0, 0.05) is 30.4 Å². The molecule has 136 valence electrons. The fraction of sp³-hybridized carbons (Fsp3) is 0.350. The Kier molecular flexibility index (Phi) is 4.93. The number of aromatic nitrogens is 3. The third kappa shape index (κ3) is 3.40. The van der Waals surface area contributed by atoms with Gasteiger partial charge in [-0.1, -0.05) is 23.4 Å². The number of nitrogens with zero attached hydrogens (tertiary/aromatic N) is 4. The van der Waals surface area contributed by atoms with Crippen molar-refractivity contribution >= 4 is 5.91 Å². The molecular weight excluding hydrogens is 328 g/mol. The zero-order valence-corrected chi connectivity index (χ0v) is 15.9. The Balaban J connectivity index is 1.78. The van der Waals surface area contributed by atoms with Crippen LogP contribution in [0.15, 0.2) is 34.9 Å². The maximum Gasteiger partial charge on any atom is 0.227 e. The molecule has 1 aromatic carbocycles. The number of carbonyl (C=O) groups excluding carboxylic acids is 1. The first kappa shape index (κ1) is 17.9. The van der Waals surface area contributed by atoms with Crippen molar-refractivity contribution in [1.29, 1.82) is 0 Å². The van der Waals surface area contributed by atoms with E-state index in [1.165, 1.54) is 0 Å². The Labute approximate surface area is 153 Å². The van der Waals surface area contributed by atoms with E-state index in [0.29, 0.717) is 18.7 Å². The van der Waals surface area contributed by atoms with Crippen LogP contribution in [0.2, 0.25) is 0 Å². The van der Waals surface area contributed by atoms with E-state index in [2.05, 4.69) is 10.3 Å². The molecule has 0 radical (unpaired) electrons. The van der Waals surface area contributed by atoms with Crippen molar-refractivity contribution in [3.8, 4) is 5.69 Å². The topological polar surface area (TPSA) is 64.2 Å². The first-order chi connectivity index (χ1) is 12.4. The average Bonchev–Trinajstić information content (AvgIpc) is 3.09. The van der Waals surface area contributed by atoms with Crippen LogP contribution >= 0.6 is 0 Å². The number of hydrogen-bond acceptors (Lipinski definition) is 4. The summed E-state index contributed by atoms with van der Waals surface area (Å²) in [6.45, 7) is 8.23. The minimum absolute atomic E-state index is 0.0330. The largest absolute Gasteiger partial charge is 0.361 e. The average molecular weight is 352 g/mol. The monoisotopic (exact) mass is 352 g/mol. The summed E-state index contributed by atoms with van der Waals surface area (Å²) in [5.41, 5.74) is 5.71. The molecule has 3 aromatic rings. The third-order valence-electron chi connectivity index (χ3n) is 4.77. The van der Waals surface area contributed by atoms with Gasteiger partial charge in [-0.2, -0.15) is 5.10 Å². The predicted octanol–water partition coefficient (Wildman–Crippen LogP) is 3.30. The van der Waals surface area contributed by atoms with E-state index in [-0.39, 0.29) is 5.91 Å². The zero-order chi connectivity index (χ0) is 18.8. The van der Waals surface area contributed by atoms with E-state index in [4.69, 9.17) is 4.52 Å². The molecule has 0 bridgehead atoms. The highest BCUT2D eigenvalue weighted by Gasteiger charge is 2.20. The molecule has 3 rings (SSSR count). The summed E-state index contributed by atoms with van der Waals surface area (Å²) in [5, 5.41) is 8.57. The molecule has 26 heavy (non-hydrogen) atoms. The fourth-order valence-electron chi connectivity index (χ4n) is 3.09. The lowest BCUT2D eigenvalue weighted by Gasteiger charge is -2.17. The second-order valence-electron chi connectivity index (χ2n) is 6.63. The number of carbonyl (C=O) groups is 1. The van der Waals surface area contributed by atoms with Gasteiger partial charge in [-0.15, -0.1) is 0 Å². The molecule has 2 heterocycles. The normalized spacial score (nSPS) is 11.0. The van der Waals surface area contributed by atoms with Gasteiger partial charge in [0.05, 0.1) is 23.5 Å². The van der Waals surface area contributed by atoms with Gasteiger partial charge in [0.15, 0.2) is 0 Å². The van der Waals surface area contributed by atoms with Crippen molar-refractivity contribution in [3.05, 3.63) is 64.3 Å². The molecule has 0 N–H and O–H groups in total. The molecule has 0 saturated carbocycles. The molecule has 1 amide bonds. The van der Waals surface area contributed by atoms with Crippen LogP contribution in [0.1, 0.15) is 34.0 Å². The third-order valence-corrected chi connectivity index (χ3v) is 4.77. The van der Waals surface area contributed by atoms with Gasteiger partial charge in [0.2, 0.25) is 5.91 Å². The Morgan fingerprint density at radius 1 is 1.08 bits per heavy atom. The second-order valence-corrected chi connectivity index (χ2v) is 6.63. The minimum atomic E-state index is 0.0330. The van der Waals surface area contributed by atoms with Gasteiger partial charge in [-0.3, -0.25) is 4.79 Å². The van der Waals surface area contributed by atoms with E-state index < -0.39 is 0 Å². The lowest BCUT2D eigenvalue weighted by Crippen LogP contribution is -2.28. The standard InChI is InChI=1S/C20H24N4O2/c1-13-19(15(3)24(21-13)17-9-7-6-8-10-17)12-23(5)20(25)11-18-14(2)22-26-16(18)4/h6-10H,11-12H2,1-5H3. The fourth-order valence-corrected chi connectivity index (χ4v) is 3.09. The summed E-state index contributed by atoms with van der Waals surface area (Å²) in [6, 6.07) is 10.0. The van der Waals surface area contributed by atoms with Crippen molar-refractivity contribution in [2.45, 2.75) is 40.7 Å². The van der Waals surface area contributed by atoms with E-state index in [1.807, 2.05) is 69.8 Å². The first-order valence-corrected chi connectivity index (χ1v) is 8.64. The van der Waals surface area contributed by atoms with Gasteiger partial charge in [0.1, 0.15) is 5.76 Å². The molecule has 6 heteroatoms. The highest BCUT2D eigenvalue weighted by Crippen LogP contribution is 2.20. The number of hydrogen-bond donors (Lipinski definition) is 0. The number of benzene rings is 1. The molecule has 0 atom stereocenters. The summed E-state index contributed by atoms with van der Waals surface area (Å²) in [5.74, 6) is 0.735. The molecule has 0 aliphatic carbocycles. The molecule has 6 nitrogen and oxygen atoms in total. The predicted molar refractivity (Wildman–Crippen MR) is 99.2 cm³/mol. The van der Waals surface area contributed by atoms with Crippen LogP contribution in [0.4, 0.5) is 0 Å². The van der Waals surface area contributed by atoms with Gasteiger partial charge < -0.3 is 9.42 Å². The number of para-hydroxylation sites is 1. The maximum atomic E-state index is 12.6. The number of rotatable bonds is 5. The Hall–Kier alpha value is -2.89. The van der Waals surface area contributed by atoms with Crippen LogP contribution in [0.25, 0.3) is 5.69 Å². The van der Waals surface area contributed by atoms with Gasteiger partial charge >= 0.3 is 0 Å². The SMILES string of the molecule is Cc1noc(C)c1CC(=O)N(C)Cc1c(C)nn(-c2ccccc2)c1C. The van der Waals surface area contributed by atoms with Crippen LogP contribution in [-0.4, -0.2) is 32.8 Å². The number of amides is 1. The van der Waals surface area contributed by atoms with Crippen molar-refractivity contribution in [2.75, 3.05) is 7.05 Å². The summed E-state index contributed by atoms with van der Waals surface area (Å²) in [6.07, 6.45) is 0.294. The van der Waals surface area contributed by atoms with Crippen LogP contribution in [0.5, 0.6) is 0 Å². The molecule has 2 aromatic heterocycles. The van der Waals surface area contributed by atoms with Crippen LogP contribution in [0, 0.1) is 27.7 Å². The molecule has 0 spiro atoms. The second kappa shape index (κ2) is 7.15. The summed E-state index contributed by atoms with van der Waals surface area (Å²) < 4.78 is 7.08. The summed E-state index contributed by atoms with van der Waals surface area (Å²) in [7, 11) is 1.82. The van der Waals surface area contributed by atoms with Crippen molar-refractivity contribution < 1.29 is 9.32 Å². The van der Waals surface area contributed by atoms with E-state index in [0.717, 1.165) is 33.9 Å². The lowest BCUT2D eigenvalue weighted by molar-refractivity contribution is -0.129. The molecule has 0 aliphatic heterocycles. The maximum absolute atomic E-state index is 12.6. The quantitative estimate of drug-likeness (QED) is 0.707. The highest BCUT2D eigenvalue weighted by atomic mass is 16.5. The van der Waals surface area contributed by atoms with Crippen molar-refractivity contribution in [1.82, 2.24) is 19.8 Å². The smallest absolute Gasteiger partial charge is 0.227 e. The molecular formula is C20H24N4O2. The minimum Gasteiger partial charge on any atom is -0.361 e. The van der Waals surface area contributed by atoms with E-state index in [1.54, 1.807) is 4.90 Å². The molecule has 0 fully saturated rings. The van der Waals surface area contributed by atoms with Gasteiger partial charge in [-0.25, -0.2) is 4.68 Å². The van der Waals surface area contributed by atoms with Crippen molar-refractivity contribution in [2.24, 2.45) is 0 Å². The Morgan fingerprint density at radius 3 is 2.38 bits per heavy atom. The lowest BCUT2D eigenvalue weighted by atomic mass is 10.1. The van der Waals surface area contributed by atoms with E-state index in [9.17, 15) is 4.79 Å². The first-order valence-electron chi connectivity index (χ1n) is 8.64. The van der Waals surface area contributed by atoms with E-state index >= 15 is 0 Å². The Bertz CT molecular complexity index is 905. The molecule has 0 aliphatic rings. The molecule has 0 unspecified atom stereocenters. The summed E-state index contributed by atoms with van der Waals surface area (Å²) in [4.78, 5) is 14.4. The zero-order valence-electron chi connectivity index (χ0n) is 15.9. The summed E-state index contributed by atoms with van der Waals surface area (Å²) >= 11 is 0. The molecule has 0 saturated heterocycles. The Morgan fingerprint density at radius 2 is 1.77 bits per heavy atom.